The first kappa shape index (κ1) is 73.3. The molecule has 0 saturated carbocycles. The molecule has 0 radical (unpaired) electrons. The van der Waals surface area contributed by atoms with Crippen molar-refractivity contribution in [1.29, 1.82) is 0 Å². The molecule has 0 aromatic heterocycles. The van der Waals surface area contributed by atoms with Gasteiger partial charge in [-0.05, 0) is 236 Å². The number of nitrogens with zero attached hydrogens (tertiary/aromatic N) is 4. The van der Waals surface area contributed by atoms with Crippen molar-refractivity contribution in [3.8, 4) is 22.3 Å². The zero-order valence-corrected chi connectivity index (χ0v) is 65.9. The second-order valence-electron chi connectivity index (χ2n) is 30.7. The number of ketones is 2. The van der Waals surface area contributed by atoms with E-state index < -0.39 is 0 Å². The summed E-state index contributed by atoms with van der Waals surface area (Å²) in [6.45, 7) is 21.7. The molecule has 112 heavy (non-hydrogen) atoms. The van der Waals surface area contributed by atoms with Crippen LogP contribution in [0.15, 0.2) is 315 Å². The van der Waals surface area contributed by atoms with Gasteiger partial charge in [-0.15, -0.1) is 0 Å². The number of carbonyl (C=O) groups is 2. The van der Waals surface area contributed by atoms with Crippen molar-refractivity contribution >= 4 is 112 Å². The van der Waals surface area contributed by atoms with Crippen LogP contribution in [0.3, 0.4) is 0 Å². The Labute approximate surface area is 660 Å². The lowest BCUT2D eigenvalue weighted by molar-refractivity contribution is 0.103. The predicted octanol–water partition coefficient (Wildman–Crippen LogP) is 29.4. The Kier molecular flexibility index (Phi) is 20.7. The number of hydrogen-bond donors (Lipinski definition) is 0. The molecule has 0 spiro atoms. The number of carbonyl (C=O) groups excluding carboxylic acids is 2. The average Bonchev–Trinajstić information content (AvgIpc) is 0.684. The van der Waals surface area contributed by atoms with Crippen molar-refractivity contribution < 1.29 is 9.59 Å². The van der Waals surface area contributed by atoms with Gasteiger partial charge in [0, 0.05) is 100 Å². The minimum atomic E-state index is -0.0271. The van der Waals surface area contributed by atoms with Gasteiger partial charge in [0.25, 0.3) is 0 Å². The standard InChI is InChI=1S/C106H94N4O2/c1-11-13-15-77-33-37-81(38-34-77)105(111)83-45-41-79(42-46-83)93-65-95-97(107(85-49-17-69(3)18-50-85)86-51-19-70(4)20-52-86)68-100(110(91-61-29-75(9)30-62-91)92-63-31-76(10)32-64-92)102-94(80-43-47-84(48-44-80)106(112)82-39-35-78(36-40-82)16-14-12-2)66-96-98(108(87-53-21-71(5)22-54-87)88-55-23-72(6)24-56-88)67-99(101(93)103(96)104(95)102)109(89-57-25-73(7)26-58-89)90-59-27-74(8)28-60-90/h17-68H,11-16H2,1-10H3. The van der Waals surface area contributed by atoms with Crippen molar-refractivity contribution in [2.75, 3.05) is 19.6 Å². The maximum Gasteiger partial charge on any atom is 0.193 e. The van der Waals surface area contributed by atoms with E-state index in [0.29, 0.717) is 22.3 Å². The van der Waals surface area contributed by atoms with Crippen LogP contribution in [0.5, 0.6) is 0 Å². The van der Waals surface area contributed by atoms with Gasteiger partial charge in [0.15, 0.2) is 11.6 Å². The molecule has 0 unspecified atom stereocenters. The molecule has 6 nitrogen and oxygen atoms in total. The largest absolute Gasteiger partial charge is 0.310 e. The van der Waals surface area contributed by atoms with E-state index in [1.807, 2.05) is 48.5 Å². The highest BCUT2D eigenvalue weighted by molar-refractivity contribution is 6.38. The van der Waals surface area contributed by atoms with Crippen LogP contribution in [0.25, 0.3) is 54.6 Å². The van der Waals surface area contributed by atoms with E-state index in [1.165, 1.54) is 11.1 Å². The zero-order valence-electron chi connectivity index (χ0n) is 65.9. The Balaban J connectivity index is 1.13. The molecule has 0 amide bonds. The van der Waals surface area contributed by atoms with Gasteiger partial charge in [0.05, 0.1) is 22.7 Å². The third-order valence-corrected chi connectivity index (χ3v) is 22.3. The van der Waals surface area contributed by atoms with E-state index in [2.05, 4.69) is 356 Å². The molecular weight excluding hydrogens is 1360 g/mol. The highest BCUT2D eigenvalue weighted by Gasteiger charge is 2.33. The van der Waals surface area contributed by atoms with E-state index in [0.717, 1.165) is 206 Å². The molecular formula is C106H94N4O2. The molecule has 0 saturated heterocycles. The van der Waals surface area contributed by atoms with Crippen LogP contribution in [-0.2, 0) is 12.8 Å². The van der Waals surface area contributed by atoms with Gasteiger partial charge in [0.1, 0.15) is 0 Å². The van der Waals surface area contributed by atoms with Gasteiger partial charge >= 0.3 is 0 Å². The van der Waals surface area contributed by atoms with Gasteiger partial charge < -0.3 is 19.6 Å². The summed E-state index contributed by atoms with van der Waals surface area (Å²) >= 11 is 0. The van der Waals surface area contributed by atoms with Crippen LogP contribution < -0.4 is 19.6 Å². The molecule has 0 atom stereocenters. The SMILES string of the molecule is CCCCc1ccc(C(=O)c2ccc(-c3cc4c(N(c5ccc(C)cc5)c5ccc(C)cc5)cc(N(c5ccc(C)cc5)c5ccc(C)cc5)c5c(-c6ccc(C(=O)c7ccc(CCCC)cc7)cc6)cc6c(N(c7ccc(C)cc7)c7ccc(C)cc7)cc(N(c7ccc(C)cc7)c7ccc(C)cc7)c3c6c45)cc2)cc1. The van der Waals surface area contributed by atoms with Gasteiger partial charge in [-0.1, -0.05) is 265 Å². The first-order valence-electron chi connectivity index (χ1n) is 39.6. The maximum atomic E-state index is 15.0. The summed E-state index contributed by atoms with van der Waals surface area (Å²) in [6, 6.07) is 115. The molecule has 16 aromatic carbocycles. The normalized spacial score (nSPS) is 11.4. The second kappa shape index (κ2) is 31.6. The third-order valence-electron chi connectivity index (χ3n) is 22.3. The van der Waals surface area contributed by atoms with E-state index >= 15 is 0 Å². The maximum absolute atomic E-state index is 15.0. The summed E-state index contributed by atoms with van der Waals surface area (Å²) in [5, 5.41) is 6.09. The van der Waals surface area contributed by atoms with Crippen molar-refractivity contribution in [3.63, 3.8) is 0 Å². The topological polar surface area (TPSA) is 47.1 Å². The smallest absolute Gasteiger partial charge is 0.193 e. The fraction of sp³-hybridized carbons (Fsp3) is 0.151. The molecule has 0 aliphatic rings. The Morgan fingerprint density at radius 2 is 0.438 bits per heavy atom. The molecule has 6 heteroatoms. The van der Waals surface area contributed by atoms with Crippen LogP contribution in [0.4, 0.5) is 68.2 Å². The third kappa shape index (κ3) is 14.7. The summed E-state index contributed by atoms with van der Waals surface area (Å²) in [5.74, 6) is -0.0542. The Morgan fingerprint density at radius 3 is 0.652 bits per heavy atom. The lowest BCUT2D eigenvalue weighted by atomic mass is 9.82. The van der Waals surface area contributed by atoms with Gasteiger partial charge in [-0.3, -0.25) is 9.59 Å². The molecule has 0 fully saturated rings. The van der Waals surface area contributed by atoms with Crippen LogP contribution in [-0.4, -0.2) is 11.6 Å². The molecule has 0 bridgehead atoms. The first-order valence-corrected chi connectivity index (χ1v) is 39.6. The summed E-state index contributed by atoms with van der Waals surface area (Å²) in [7, 11) is 0. The molecule has 0 aliphatic carbocycles. The highest BCUT2D eigenvalue weighted by Crippen LogP contribution is 2.59. The average molecular weight is 1460 g/mol. The number of benzene rings is 16. The number of anilines is 12. The molecule has 16 rings (SSSR count). The van der Waals surface area contributed by atoms with Crippen molar-refractivity contribution in [2.24, 2.45) is 0 Å². The number of hydrogen-bond acceptors (Lipinski definition) is 6. The molecule has 0 N–H and O–H groups in total. The van der Waals surface area contributed by atoms with Crippen LogP contribution in [0.1, 0.15) is 127 Å². The summed E-state index contributed by atoms with van der Waals surface area (Å²) in [5.41, 5.74) is 29.7. The van der Waals surface area contributed by atoms with Crippen molar-refractivity contribution in [3.05, 3.63) is 393 Å². The van der Waals surface area contributed by atoms with E-state index in [9.17, 15) is 9.59 Å². The highest BCUT2D eigenvalue weighted by atomic mass is 16.1. The van der Waals surface area contributed by atoms with Crippen LogP contribution in [0.2, 0.25) is 0 Å². The first-order chi connectivity index (χ1) is 54.5. The van der Waals surface area contributed by atoms with Gasteiger partial charge in [-0.2, -0.15) is 0 Å². The fourth-order valence-electron chi connectivity index (χ4n) is 15.9. The minimum Gasteiger partial charge on any atom is -0.310 e. The van der Waals surface area contributed by atoms with E-state index in [-0.39, 0.29) is 11.6 Å². The molecule has 0 heterocycles. The van der Waals surface area contributed by atoms with Crippen LogP contribution in [0, 0.1) is 55.4 Å². The predicted molar refractivity (Wildman–Crippen MR) is 475 cm³/mol. The van der Waals surface area contributed by atoms with Crippen LogP contribution >= 0.6 is 0 Å². The lowest BCUT2D eigenvalue weighted by Gasteiger charge is -2.36. The molecule has 16 aromatic rings. The summed E-state index contributed by atoms with van der Waals surface area (Å²) < 4.78 is 0. The van der Waals surface area contributed by atoms with Crippen molar-refractivity contribution in [2.45, 2.75) is 108 Å². The summed E-state index contributed by atoms with van der Waals surface area (Å²) in [4.78, 5) is 39.8. The fourth-order valence-corrected chi connectivity index (χ4v) is 15.9. The zero-order chi connectivity index (χ0) is 77.3. The Hall–Kier alpha value is -12.9. The Morgan fingerprint density at radius 1 is 0.232 bits per heavy atom. The van der Waals surface area contributed by atoms with Gasteiger partial charge in [-0.25, -0.2) is 0 Å². The lowest BCUT2D eigenvalue weighted by Crippen LogP contribution is -2.17. The number of unbranched alkanes of at least 4 members (excludes halogenated alkanes) is 2. The monoisotopic (exact) mass is 1450 g/mol. The number of rotatable bonds is 24. The second-order valence-corrected chi connectivity index (χ2v) is 30.7. The summed E-state index contributed by atoms with van der Waals surface area (Å²) in [6.07, 6.45) is 6.35. The molecule has 0 aliphatic heterocycles. The van der Waals surface area contributed by atoms with Gasteiger partial charge in [0.2, 0.25) is 0 Å². The minimum absolute atomic E-state index is 0.0271. The quantitative estimate of drug-likeness (QED) is 0.0444. The molecule has 550 valence electrons. The Bertz CT molecular complexity index is 5490. The van der Waals surface area contributed by atoms with E-state index in [1.54, 1.807) is 0 Å². The number of aryl methyl sites for hydroxylation is 10. The van der Waals surface area contributed by atoms with E-state index in [4.69, 9.17) is 0 Å². The van der Waals surface area contributed by atoms with Crippen molar-refractivity contribution in [1.82, 2.24) is 0 Å².